The molecule has 0 atom stereocenters. The molecule has 0 saturated heterocycles. The Morgan fingerprint density at radius 1 is 1.30 bits per heavy atom. The van der Waals surface area contributed by atoms with Crippen LogP contribution in [0.25, 0.3) is 10.8 Å². The number of carbonyl (C=O) groups excluding carboxylic acids is 1. The van der Waals surface area contributed by atoms with Gasteiger partial charge in [-0.25, -0.2) is 0 Å². The van der Waals surface area contributed by atoms with Crippen LogP contribution in [-0.2, 0) is 15.0 Å². The lowest BCUT2D eigenvalue weighted by molar-refractivity contribution is -0.137. The number of carbonyl (C=O) groups is 2. The Kier molecular flexibility index (Phi) is 3.72. The third-order valence-electron chi connectivity index (χ3n) is 4.18. The van der Waals surface area contributed by atoms with Gasteiger partial charge < -0.3 is 15.2 Å². The van der Waals surface area contributed by atoms with Crippen molar-refractivity contribution >= 4 is 28.4 Å². The Hall–Kier alpha value is -2.56. The van der Waals surface area contributed by atoms with Crippen molar-refractivity contribution in [2.24, 2.45) is 0 Å². The SMILES string of the molecule is CC1(C)CC(=O)Oc2c1cc(NCCC(=O)O)c1ccccc21. The number of esters is 1. The van der Waals surface area contributed by atoms with E-state index in [9.17, 15) is 9.59 Å². The van der Waals surface area contributed by atoms with E-state index in [1.165, 1.54) is 0 Å². The zero-order chi connectivity index (χ0) is 16.6. The van der Waals surface area contributed by atoms with Crippen molar-refractivity contribution in [2.45, 2.75) is 32.1 Å². The van der Waals surface area contributed by atoms with E-state index in [2.05, 4.69) is 5.32 Å². The molecule has 2 aromatic carbocycles. The van der Waals surface area contributed by atoms with Crippen molar-refractivity contribution in [3.05, 3.63) is 35.9 Å². The maximum Gasteiger partial charge on any atom is 0.312 e. The van der Waals surface area contributed by atoms with E-state index in [4.69, 9.17) is 9.84 Å². The highest BCUT2D eigenvalue weighted by atomic mass is 16.5. The summed E-state index contributed by atoms with van der Waals surface area (Å²) in [6, 6.07) is 9.65. The summed E-state index contributed by atoms with van der Waals surface area (Å²) in [7, 11) is 0. The fraction of sp³-hybridized carbons (Fsp3) is 0.333. The quantitative estimate of drug-likeness (QED) is 0.669. The number of ether oxygens (including phenoxy) is 1. The minimum Gasteiger partial charge on any atom is -0.481 e. The highest BCUT2D eigenvalue weighted by Gasteiger charge is 2.35. The van der Waals surface area contributed by atoms with Gasteiger partial charge in [0.25, 0.3) is 0 Å². The van der Waals surface area contributed by atoms with Crippen molar-refractivity contribution < 1.29 is 19.4 Å². The highest BCUT2D eigenvalue weighted by molar-refractivity contribution is 6.01. The first kappa shape index (κ1) is 15.3. The number of fused-ring (bicyclic) bond motifs is 3. The van der Waals surface area contributed by atoms with Crippen LogP contribution in [0, 0.1) is 0 Å². The molecule has 0 aromatic heterocycles. The Morgan fingerprint density at radius 3 is 2.70 bits per heavy atom. The monoisotopic (exact) mass is 313 g/mol. The molecule has 0 bridgehead atoms. The molecule has 5 heteroatoms. The van der Waals surface area contributed by atoms with Gasteiger partial charge in [-0.05, 0) is 6.07 Å². The van der Waals surface area contributed by atoms with Crippen LogP contribution in [0.4, 0.5) is 5.69 Å². The molecule has 120 valence electrons. The first-order chi connectivity index (χ1) is 10.9. The minimum absolute atomic E-state index is 0.0454. The van der Waals surface area contributed by atoms with E-state index in [1.54, 1.807) is 0 Å². The molecule has 0 saturated carbocycles. The fourth-order valence-electron chi connectivity index (χ4n) is 3.02. The maximum absolute atomic E-state index is 11.9. The van der Waals surface area contributed by atoms with Gasteiger partial charge in [0.05, 0.1) is 12.8 Å². The predicted octanol–water partition coefficient (Wildman–Crippen LogP) is 3.31. The van der Waals surface area contributed by atoms with Crippen molar-refractivity contribution in [3.8, 4) is 5.75 Å². The van der Waals surface area contributed by atoms with Gasteiger partial charge in [0.15, 0.2) is 0 Å². The Labute approximate surface area is 134 Å². The number of rotatable bonds is 4. The van der Waals surface area contributed by atoms with Gasteiger partial charge in [0, 0.05) is 34.0 Å². The Morgan fingerprint density at radius 2 is 2.00 bits per heavy atom. The minimum atomic E-state index is -0.839. The van der Waals surface area contributed by atoms with Gasteiger partial charge >= 0.3 is 11.9 Å². The molecular formula is C18H19NO4. The lowest BCUT2D eigenvalue weighted by atomic mass is 9.78. The topological polar surface area (TPSA) is 75.6 Å². The van der Waals surface area contributed by atoms with Crippen LogP contribution >= 0.6 is 0 Å². The molecule has 0 amide bonds. The summed E-state index contributed by atoms with van der Waals surface area (Å²) in [5.74, 6) is -0.445. The molecule has 0 unspecified atom stereocenters. The van der Waals surface area contributed by atoms with Crippen molar-refractivity contribution in [1.82, 2.24) is 0 Å². The van der Waals surface area contributed by atoms with E-state index in [0.29, 0.717) is 18.7 Å². The maximum atomic E-state index is 11.9. The molecule has 1 aliphatic rings. The number of aliphatic carboxylic acids is 1. The van der Waals surface area contributed by atoms with Gasteiger partial charge in [0.1, 0.15) is 5.75 Å². The van der Waals surface area contributed by atoms with E-state index >= 15 is 0 Å². The molecule has 0 radical (unpaired) electrons. The van der Waals surface area contributed by atoms with Crippen LogP contribution in [0.15, 0.2) is 30.3 Å². The summed E-state index contributed by atoms with van der Waals surface area (Å²) in [6.45, 7) is 4.38. The van der Waals surface area contributed by atoms with Gasteiger partial charge in [-0.1, -0.05) is 38.1 Å². The first-order valence-corrected chi connectivity index (χ1v) is 7.61. The second-order valence-corrected chi connectivity index (χ2v) is 6.45. The van der Waals surface area contributed by atoms with E-state index in [-0.39, 0.29) is 17.8 Å². The lowest BCUT2D eigenvalue weighted by Gasteiger charge is -2.32. The number of nitrogens with one attached hydrogen (secondary N) is 1. The molecule has 0 spiro atoms. The largest absolute Gasteiger partial charge is 0.481 e. The van der Waals surface area contributed by atoms with Crippen molar-refractivity contribution in [3.63, 3.8) is 0 Å². The van der Waals surface area contributed by atoms with Gasteiger partial charge in [-0.15, -0.1) is 0 Å². The van der Waals surface area contributed by atoms with Crippen LogP contribution in [0.2, 0.25) is 0 Å². The normalized spacial score (nSPS) is 15.8. The average Bonchev–Trinajstić information content (AvgIpc) is 2.47. The van der Waals surface area contributed by atoms with Crippen LogP contribution < -0.4 is 10.1 Å². The molecule has 2 N–H and O–H groups in total. The highest BCUT2D eigenvalue weighted by Crippen LogP contribution is 2.45. The third-order valence-corrected chi connectivity index (χ3v) is 4.18. The Bertz CT molecular complexity index is 795. The molecule has 0 aliphatic carbocycles. The van der Waals surface area contributed by atoms with E-state index in [0.717, 1.165) is 22.0 Å². The summed E-state index contributed by atoms with van der Waals surface area (Å²) in [4.78, 5) is 22.6. The first-order valence-electron chi connectivity index (χ1n) is 7.61. The lowest BCUT2D eigenvalue weighted by Crippen LogP contribution is -2.31. The fourth-order valence-corrected chi connectivity index (χ4v) is 3.02. The molecular weight excluding hydrogens is 294 g/mol. The van der Waals surface area contributed by atoms with Crippen LogP contribution in [-0.4, -0.2) is 23.6 Å². The summed E-state index contributed by atoms with van der Waals surface area (Å²) < 4.78 is 5.52. The van der Waals surface area contributed by atoms with Crippen molar-refractivity contribution in [1.29, 1.82) is 0 Å². The van der Waals surface area contributed by atoms with Crippen LogP contribution in [0.3, 0.4) is 0 Å². The molecule has 3 rings (SSSR count). The zero-order valence-corrected chi connectivity index (χ0v) is 13.2. The van der Waals surface area contributed by atoms with Gasteiger partial charge in [-0.2, -0.15) is 0 Å². The van der Waals surface area contributed by atoms with Crippen LogP contribution in [0.1, 0.15) is 32.3 Å². The average molecular weight is 313 g/mol. The van der Waals surface area contributed by atoms with Crippen LogP contribution in [0.5, 0.6) is 5.75 Å². The number of benzene rings is 2. The second kappa shape index (κ2) is 5.57. The zero-order valence-electron chi connectivity index (χ0n) is 13.2. The van der Waals surface area contributed by atoms with Gasteiger partial charge in [-0.3, -0.25) is 9.59 Å². The molecule has 1 aliphatic heterocycles. The molecule has 5 nitrogen and oxygen atoms in total. The number of hydrogen-bond donors (Lipinski definition) is 2. The molecule has 2 aromatic rings. The van der Waals surface area contributed by atoms with E-state index in [1.807, 2.05) is 44.2 Å². The third kappa shape index (κ3) is 2.86. The Balaban J connectivity index is 2.13. The summed E-state index contributed by atoms with van der Waals surface area (Å²) >= 11 is 0. The number of carboxylic acid groups (broad SMARTS) is 1. The number of hydrogen-bond acceptors (Lipinski definition) is 4. The predicted molar refractivity (Wildman–Crippen MR) is 88.0 cm³/mol. The summed E-state index contributed by atoms with van der Waals surface area (Å²) in [5, 5.41) is 13.8. The van der Waals surface area contributed by atoms with Gasteiger partial charge in [0.2, 0.25) is 0 Å². The second-order valence-electron chi connectivity index (χ2n) is 6.45. The molecule has 23 heavy (non-hydrogen) atoms. The summed E-state index contributed by atoms with van der Waals surface area (Å²) in [5.41, 5.74) is 1.51. The number of anilines is 1. The smallest absolute Gasteiger partial charge is 0.312 e. The van der Waals surface area contributed by atoms with Crippen molar-refractivity contribution in [2.75, 3.05) is 11.9 Å². The summed E-state index contributed by atoms with van der Waals surface area (Å²) in [6.07, 6.45) is 0.372. The van der Waals surface area contributed by atoms with E-state index < -0.39 is 5.97 Å². The molecule has 1 heterocycles. The molecule has 0 fully saturated rings. The standard InChI is InChI=1S/C18H19NO4/c1-18(2)10-16(22)23-17-12-6-4-3-5-11(12)14(9-13(17)18)19-8-7-15(20)21/h3-6,9,19H,7-8,10H2,1-2H3,(H,20,21). The number of carboxylic acids is 1.